The summed E-state index contributed by atoms with van der Waals surface area (Å²) in [4.78, 5) is 8.37. The van der Waals surface area contributed by atoms with Crippen molar-refractivity contribution in [1.29, 1.82) is 0 Å². The van der Waals surface area contributed by atoms with Gasteiger partial charge in [-0.2, -0.15) is 0 Å². The van der Waals surface area contributed by atoms with Gasteiger partial charge in [-0.3, -0.25) is 9.97 Å². The van der Waals surface area contributed by atoms with Gasteiger partial charge in [-0.25, -0.2) is 0 Å². The van der Waals surface area contributed by atoms with E-state index in [1.165, 1.54) is 0 Å². The van der Waals surface area contributed by atoms with E-state index in [4.69, 9.17) is 0 Å². The molecule has 0 aliphatic carbocycles. The Morgan fingerprint density at radius 3 is 1.33 bits per heavy atom. The Hall–Kier alpha value is -1.12. The van der Waals surface area contributed by atoms with E-state index in [0.29, 0.717) is 0 Å². The molecule has 0 atom stereocenters. The zero-order valence-electron chi connectivity index (χ0n) is 8.96. The molecule has 3 heteroatoms. The molecule has 0 spiro atoms. The molecule has 2 aromatic rings. The molecule has 0 saturated carbocycles. The molecule has 2 rings (SSSR count). The van der Waals surface area contributed by atoms with Gasteiger partial charge in [-0.05, 0) is 24.3 Å². The van der Waals surface area contributed by atoms with Crippen molar-refractivity contribution in [3.05, 3.63) is 63.6 Å². The van der Waals surface area contributed by atoms with Crippen LogP contribution in [0.1, 0.15) is 0 Å². The number of hydrogen-bond acceptors (Lipinski definition) is 2. The number of nitrogens with zero attached hydrogens (tertiary/aromatic N) is 2. The first-order chi connectivity index (χ1) is 5.97. The summed E-state index contributed by atoms with van der Waals surface area (Å²) in [6.45, 7) is 0. The van der Waals surface area contributed by atoms with Gasteiger partial charge >= 0.3 is 18.6 Å². The van der Waals surface area contributed by atoms with Crippen LogP contribution in [0.2, 0.25) is 0 Å². The van der Waals surface area contributed by atoms with Crippen LogP contribution >= 0.6 is 0 Å². The third-order valence-corrected chi connectivity index (χ3v) is 1.59. The van der Waals surface area contributed by atoms with Crippen LogP contribution in [0.5, 0.6) is 0 Å². The molecule has 1 radical (unpaired) electrons. The summed E-state index contributed by atoms with van der Waals surface area (Å²) in [5.74, 6) is 0. The van der Waals surface area contributed by atoms with E-state index in [1.54, 1.807) is 12.4 Å². The van der Waals surface area contributed by atoms with Crippen LogP contribution < -0.4 is 0 Å². The van der Waals surface area contributed by atoms with Crippen molar-refractivity contribution < 1.29 is 18.6 Å². The molecule has 0 amide bonds. The summed E-state index contributed by atoms with van der Waals surface area (Å²) in [7, 11) is 0. The van der Waals surface area contributed by atoms with Gasteiger partial charge in [0, 0.05) is 12.4 Å². The maximum absolute atomic E-state index is 4.19. The summed E-state index contributed by atoms with van der Waals surface area (Å²) < 4.78 is 0. The van der Waals surface area contributed by atoms with Crippen LogP contribution in [0, 0.1) is 14.9 Å². The fourth-order valence-corrected chi connectivity index (χ4v) is 1.03. The predicted octanol–water partition coefficient (Wildman–Crippen LogP) is 3.04. The van der Waals surface area contributed by atoms with Crippen LogP contribution in [0.3, 0.4) is 0 Å². The standard InChI is InChI=1S/C10H8N2.2CH3.V/c1-3-7-11-9(5-1)10-6-2-4-8-12-10;;;/h1-8H;2*1H3;/q;2*-1;+2. The minimum Gasteiger partial charge on any atom is -0.358 e. The first-order valence-corrected chi connectivity index (χ1v) is 3.79. The second kappa shape index (κ2) is 8.21. The largest absolute Gasteiger partial charge is 2.00 e. The van der Waals surface area contributed by atoms with Gasteiger partial charge in [-0.15, -0.1) is 0 Å². The fraction of sp³-hybridized carbons (Fsp3) is 0. The normalized spacial score (nSPS) is 7.73. The average molecular weight is 237 g/mol. The van der Waals surface area contributed by atoms with E-state index >= 15 is 0 Å². The first kappa shape index (κ1) is 16.3. The molecule has 15 heavy (non-hydrogen) atoms. The summed E-state index contributed by atoms with van der Waals surface area (Å²) in [5.41, 5.74) is 1.83. The Labute approximate surface area is 104 Å². The van der Waals surface area contributed by atoms with E-state index in [-0.39, 0.29) is 33.4 Å². The van der Waals surface area contributed by atoms with E-state index in [2.05, 4.69) is 9.97 Å². The Morgan fingerprint density at radius 1 is 0.667 bits per heavy atom. The first-order valence-electron chi connectivity index (χ1n) is 3.79. The second-order valence-electron chi connectivity index (χ2n) is 2.43. The monoisotopic (exact) mass is 237 g/mol. The molecule has 2 aromatic heterocycles. The van der Waals surface area contributed by atoms with Crippen LogP contribution in [0.4, 0.5) is 0 Å². The van der Waals surface area contributed by atoms with Gasteiger partial charge in [0.05, 0.1) is 11.4 Å². The van der Waals surface area contributed by atoms with Crippen LogP contribution in [0.15, 0.2) is 48.8 Å². The van der Waals surface area contributed by atoms with Gasteiger partial charge in [0.1, 0.15) is 0 Å². The molecule has 0 saturated heterocycles. The number of aromatic nitrogens is 2. The molecule has 2 heterocycles. The number of pyridine rings is 2. The van der Waals surface area contributed by atoms with Gasteiger partial charge in [0.15, 0.2) is 0 Å². The zero-order valence-corrected chi connectivity index (χ0v) is 10.4. The summed E-state index contributed by atoms with van der Waals surface area (Å²) >= 11 is 0. The summed E-state index contributed by atoms with van der Waals surface area (Å²) in [6.07, 6.45) is 3.54. The van der Waals surface area contributed by atoms with Crippen LogP contribution in [0.25, 0.3) is 11.4 Å². The molecule has 0 unspecified atom stereocenters. The van der Waals surface area contributed by atoms with Gasteiger partial charge < -0.3 is 14.9 Å². The molecule has 0 bridgehead atoms. The van der Waals surface area contributed by atoms with E-state index in [9.17, 15) is 0 Å². The van der Waals surface area contributed by atoms with E-state index in [0.717, 1.165) is 11.4 Å². The molecule has 2 nitrogen and oxygen atoms in total. The SMILES string of the molecule is [CH3-].[CH3-].[V+2].c1ccc(-c2ccccn2)nc1. The van der Waals surface area contributed by atoms with E-state index in [1.807, 2.05) is 36.4 Å². The van der Waals surface area contributed by atoms with Gasteiger partial charge in [0.2, 0.25) is 0 Å². The van der Waals surface area contributed by atoms with Crippen molar-refractivity contribution in [2.24, 2.45) is 0 Å². The Kier molecular flexibility index (Phi) is 8.94. The maximum Gasteiger partial charge on any atom is 2.00 e. The zero-order chi connectivity index (χ0) is 8.23. The molecule has 0 N–H and O–H groups in total. The third kappa shape index (κ3) is 4.28. The smallest absolute Gasteiger partial charge is 0.358 e. The number of rotatable bonds is 1. The molecule has 0 aromatic carbocycles. The number of hydrogen-bond donors (Lipinski definition) is 0. The fourth-order valence-electron chi connectivity index (χ4n) is 1.03. The van der Waals surface area contributed by atoms with Crippen molar-refractivity contribution in [2.75, 3.05) is 0 Å². The van der Waals surface area contributed by atoms with Crippen molar-refractivity contribution >= 4 is 0 Å². The molecular weight excluding hydrogens is 223 g/mol. The maximum atomic E-state index is 4.19. The Balaban J connectivity index is 0. The topological polar surface area (TPSA) is 25.8 Å². The minimum atomic E-state index is 0. The van der Waals surface area contributed by atoms with E-state index < -0.39 is 0 Å². The Morgan fingerprint density at radius 2 is 1.07 bits per heavy atom. The van der Waals surface area contributed by atoms with Gasteiger partial charge in [0.25, 0.3) is 0 Å². The minimum absolute atomic E-state index is 0. The van der Waals surface area contributed by atoms with Gasteiger partial charge in [-0.1, -0.05) is 12.1 Å². The molecule has 0 fully saturated rings. The quantitative estimate of drug-likeness (QED) is 0.712. The van der Waals surface area contributed by atoms with Crippen molar-refractivity contribution in [2.45, 2.75) is 0 Å². The average Bonchev–Trinajstić information content (AvgIpc) is 2.21. The van der Waals surface area contributed by atoms with Crippen LogP contribution in [-0.2, 0) is 18.6 Å². The Bertz CT molecular complexity index is 311. The van der Waals surface area contributed by atoms with Crippen molar-refractivity contribution in [3.8, 4) is 11.4 Å². The second-order valence-corrected chi connectivity index (χ2v) is 2.43. The summed E-state index contributed by atoms with van der Waals surface area (Å²) in [5, 5.41) is 0. The molecule has 77 valence electrons. The molecule has 0 aliphatic heterocycles. The predicted molar refractivity (Wildman–Crippen MR) is 60.3 cm³/mol. The van der Waals surface area contributed by atoms with Crippen molar-refractivity contribution in [3.63, 3.8) is 0 Å². The van der Waals surface area contributed by atoms with Crippen LogP contribution in [-0.4, -0.2) is 9.97 Å². The molecular formula is C12H14N2V. The summed E-state index contributed by atoms with van der Waals surface area (Å²) in [6, 6.07) is 11.6. The third-order valence-electron chi connectivity index (χ3n) is 1.59. The van der Waals surface area contributed by atoms with Crippen molar-refractivity contribution in [1.82, 2.24) is 9.97 Å². The molecule has 0 aliphatic rings.